The number of piperidine rings is 1. The van der Waals surface area contributed by atoms with E-state index in [4.69, 9.17) is 0 Å². The summed E-state index contributed by atoms with van der Waals surface area (Å²) in [5.41, 5.74) is 0. The molecule has 5 rings (SSSR count). The number of fused-ring (bicyclic) bond motifs is 12. The Labute approximate surface area is 96.2 Å². The summed E-state index contributed by atoms with van der Waals surface area (Å²) in [5.74, 6) is 6.55. The first kappa shape index (κ1) is 8.54. The van der Waals surface area contributed by atoms with Crippen molar-refractivity contribution in [2.75, 3.05) is 0 Å². The summed E-state index contributed by atoms with van der Waals surface area (Å²) in [5, 5.41) is 3.25. The van der Waals surface area contributed by atoms with Crippen molar-refractivity contribution in [3.05, 3.63) is 0 Å². The average Bonchev–Trinajstić information content (AvgIpc) is 2.99. The number of nitrogens with one attached hydrogen (secondary N) is 1. The normalized spacial score (nSPS) is 64.9. The third-order valence-corrected chi connectivity index (χ3v) is 6.80. The lowest BCUT2D eigenvalue weighted by Gasteiger charge is -2.40. The predicted molar refractivity (Wildman–Crippen MR) is 59.4 cm³/mol. The average molecular weight is 217 g/mol. The zero-order chi connectivity index (χ0) is 10.4. The molecule has 2 nitrogen and oxygen atoms in total. The van der Waals surface area contributed by atoms with Crippen LogP contribution >= 0.6 is 0 Å². The Bertz CT molecular complexity index is 379. The van der Waals surface area contributed by atoms with Crippen molar-refractivity contribution < 1.29 is 4.79 Å². The highest BCUT2D eigenvalue weighted by atomic mass is 16.2. The number of hydrogen-bond acceptors (Lipinski definition) is 1. The van der Waals surface area contributed by atoms with E-state index in [1.54, 1.807) is 0 Å². The Morgan fingerprint density at radius 1 is 0.938 bits per heavy atom. The molecule has 1 saturated heterocycles. The van der Waals surface area contributed by atoms with Crippen molar-refractivity contribution in [2.24, 2.45) is 41.4 Å². The molecule has 4 bridgehead atoms. The van der Waals surface area contributed by atoms with Gasteiger partial charge in [-0.15, -0.1) is 0 Å². The molecule has 16 heavy (non-hydrogen) atoms. The van der Waals surface area contributed by atoms with Gasteiger partial charge in [0.2, 0.25) is 5.91 Å². The number of amides is 1. The lowest BCUT2D eigenvalue weighted by Crippen LogP contribution is -2.47. The standard InChI is InChI=1S/C14H19NO/c16-14-10-5-11(15-14)13-9-4-8(12(10)13)6-2-1-3-7(6)9/h6-13H,1-5H2,(H,15,16). The maximum atomic E-state index is 11.8. The van der Waals surface area contributed by atoms with Crippen molar-refractivity contribution in [1.29, 1.82) is 0 Å². The van der Waals surface area contributed by atoms with E-state index >= 15 is 0 Å². The van der Waals surface area contributed by atoms with Crippen molar-refractivity contribution in [3.63, 3.8) is 0 Å². The van der Waals surface area contributed by atoms with Gasteiger partial charge >= 0.3 is 0 Å². The third kappa shape index (κ3) is 0.733. The highest BCUT2D eigenvalue weighted by Crippen LogP contribution is 2.69. The third-order valence-electron chi connectivity index (χ3n) is 6.80. The highest BCUT2D eigenvalue weighted by molar-refractivity contribution is 5.83. The van der Waals surface area contributed by atoms with Crippen molar-refractivity contribution in [2.45, 2.75) is 38.1 Å². The van der Waals surface area contributed by atoms with Gasteiger partial charge < -0.3 is 5.32 Å². The molecular weight excluding hydrogens is 198 g/mol. The molecule has 0 spiro atoms. The summed E-state index contributed by atoms with van der Waals surface area (Å²) in [7, 11) is 0. The molecule has 1 amide bonds. The van der Waals surface area contributed by atoms with Crippen molar-refractivity contribution in [3.8, 4) is 0 Å². The molecule has 2 heteroatoms. The predicted octanol–water partition coefficient (Wildman–Crippen LogP) is 1.80. The summed E-state index contributed by atoms with van der Waals surface area (Å²) in [6.07, 6.45) is 7.11. The van der Waals surface area contributed by atoms with Gasteiger partial charge in [0.1, 0.15) is 0 Å². The number of carbonyl (C=O) groups excluding carboxylic acids is 1. The van der Waals surface area contributed by atoms with E-state index in [-0.39, 0.29) is 0 Å². The Morgan fingerprint density at radius 3 is 2.50 bits per heavy atom. The largest absolute Gasteiger partial charge is 0.353 e. The van der Waals surface area contributed by atoms with E-state index in [9.17, 15) is 4.79 Å². The minimum Gasteiger partial charge on any atom is -0.353 e. The minimum atomic E-state index is 0.397. The van der Waals surface area contributed by atoms with Crippen LogP contribution in [0.3, 0.4) is 0 Å². The summed E-state index contributed by atoms with van der Waals surface area (Å²) in [4.78, 5) is 11.8. The molecule has 8 atom stereocenters. The van der Waals surface area contributed by atoms with E-state index in [2.05, 4.69) is 5.32 Å². The maximum absolute atomic E-state index is 11.8. The summed E-state index contributed by atoms with van der Waals surface area (Å²) < 4.78 is 0. The summed E-state index contributed by atoms with van der Waals surface area (Å²) >= 11 is 0. The molecule has 8 unspecified atom stereocenters. The van der Waals surface area contributed by atoms with Crippen LogP contribution in [0.5, 0.6) is 0 Å². The molecule has 86 valence electrons. The van der Waals surface area contributed by atoms with Crippen LogP contribution < -0.4 is 5.32 Å². The molecule has 1 N–H and O–H groups in total. The monoisotopic (exact) mass is 217 g/mol. The van der Waals surface area contributed by atoms with Crippen molar-refractivity contribution >= 4 is 5.91 Å². The quantitative estimate of drug-likeness (QED) is 0.616. The Morgan fingerprint density at radius 2 is 1.69 bits per heavy atom. The molecule has 0 aromatic heterocycles. The first-order valence-corrected chi connectivity index (χ1v) is 7.15. The molecular formula is C14H19NO. The summed E-state index contributed by atoms with van der Waals surface area (Å²) in [6, 6.07) is 0.582. The van der Waals surface area contributed by atoms with Gasteiger partial charge in [0, 0.05) is 12.0 Å². The van der Waals surface area contributed by atoms with Gasteiger partial charge in [-0.2, -0.15) is 0 Å². The first-order chi connectivity index (χ1) is 7.84. The molecule has 1 heterocycles. The molecule has 4 saturated carbocycles. The van der Waals surface area contributed by atoms with Crippen LogP contribution in [0.25, 0.3) is 0 Å². The Kier molecular flexibility index (Phi) is 1.33. The number of rotatable bonds is 0. The van der Waals surface area contributed by atoms with Crippen LogP contribution in [0.15, 0.2) is 0 Å². The maximum Gasteiger partial charge on any atom is 0.223 e. The van der Waals surface area contributed by atoms with E-state index in [1.165, 1.54) is 32.1 Å². The lowest BCUT2D eigenvalue weighted by molar-refractivity contribution is -0.128. The zero-order valence-corrected chi connectivity index (χ0v) is 9.56. The first-order valence-electron chi connectivity index (χ1n) is 7.15. The van der Waals surface area contributed by atoms with E-state index < -0.39 is 0 Å². The van der Waals surface area contributed by atoms with Crippen LogP contribution in [0, 0.1) is 41.4 Å². The zero-order valence-electron chi connectivity index (χ0n) is 9.56. The van der Waals surface area contributed by atoms with Gasteiger partial charge in [-0.25, -0.2) is 0 Å². The smallest absolute Gasteiger partial charge is 0.223 e. The summed E-state index contributed by atoms with van der Waals surface area (Å²) in [6.45, 7) is 0. The van der Waals surface area contributed by atoms with Crippen LogP contribution in [-0.2, 0) is 4.79 Å². The fourth-order valence-electron chi connectivity index (χ4n) is 6.65. The molecule has 0 aromatic rings. The molecule has 5 fully saturated rings. The SMILES string of the molecule is O=C1NC2CC1C1C3CC(C4CCCC43)C21. The molecule has 0 aromatic carbocycles. The minimum absolute atomic E-state index is 0.397. The number of carbonyl (C=O) groups is 1. The van der Waals surface area contributed by atoms with Crippen LogP contribution in [0.4, 0.5) is 0 Å². The topological polar surface area (TPSA) is 29.1 Å². The second-order valence-corrected chi connectivity index (χ2v) is 6.93. The molecule has 0 radical (unpaired) electrons. The number of hydrogen-bond donors (Lipinski definition) is 1. The Balaban J connectivity index is 1.59. The van der Waals surface area contributed by atoms with Gasteiger partial charge in [-0.1, -0.05) is 6.42 Å². The van der Waals surface area contributed by atoms with Gasteiger partial charge in [0.25, 0.3) is 0 Å². The van der Waals surface area contributed by atoms with Gasteiger partial charge in [0.15, 0.2) is 0 Å². The van der Waals surface area contributed by atoms with Gasteiger partial charge in [0.05, 0.1) is 0 Å². The lowest BCUT2D eigenvalue weighted by atomic mass is 9.67. The van der Waals surface area contributed by atoms with E-state index in [0.29, 0.717) is 17.9 Å². The fraction of sp³-hybridized carbons (Fsp3) is 0.929. The van der Waals surface area contributed by atoms with E-state index in [0.717, 1.165) is 35.5 Å². The molecule has 4 aliphatic carbocycles. The van der Waals surface area contributed by atoms with Crippen LogP contribution in [0.2, 0.25) is 0 Å². The van der Waals surface area contributed by atoms with Crippen LogP contribution in [0.1, 0.15) is 32.1 Å². The van der Waals surface area contributed by atoms with Gasteiger partial charge in [-0.05, 0) is 61.2 Å². The second-order valence-electron chi connectivity index (χ2n) is 6.93. The second kappa shape index (κ2) is 2.49. The van der Waals surface area contributed by atoms with Gasteiger partial charge in [-0.3, -0.25) is 4.79 Å². The highest BCUT2D eigenvalue weighted by Gasteiger charge is 2.68. The fourth-order valence-corrected chi connectivity index (χ4v) is 6.65. The molecule has 1 aliphatic heterocycles. The van der Waals surface area contributed by atoms with Crippen molar-refractivity contribution in [1.82, 2.24) is 5.32 Å². The Hall–Kier alpha value is -0.530. The van der Waals surface area contributed by atoms with E-state index in [1.807, 2.05) is 0 Å². The molecule has 5 aliphatic rings. The van der Waals surface area contributed by atoms with Crippen LogP contribution in [-0.4, -0.2) is 11.9 Å².